The number of aryl methyl sites for hydroxylation is 1. The highest BCUT2D eigenvalue weighted by atomic mass is 19.4. The summed E-state index contributed by atoms with van der Waals surface area (Å²) in [7, 11) is 0. The fourth-order valence-corrected chi connectivity index (χ4v) is 3.02. The molecule has 0 unspecified atom stereocenters. The third kappa shape index (κ3) is 3.35. The predicted molar refractivity (Wildman–Crippen MR) is 78.0 cm³/mol. The number of hydrogen-bond donors (Lipinski definition) is 0. The van der Waals surface area contributed by atoms with Crippen LogP contribution in [-0.2, 0) is 10.8 Å². The lowest BCUT2D eigenvalue weighted by Gasteiger charge is -2.42. The van der Waals surface area contributed by atoms with Crippen molar-refractivity contribution < 1.29 is 17.9 Å². The summed E-state index contributed by atoms with van der Waals surface area (Å²) in [6.07, 6.45) is -2.21. The quantitative estimate of drug-likeness (QED) is 0.721. The smallest absolute Gasteiger partial charge is 0.422 e. The lowest BCUT2D eigenvalue weighted by atomic mass is 9.63. The number of halogens is 3. The Morgan fingerprint density at radius 1 is 1.00 bits per heavy atom. The SMILES string of the molecule is Cc1cc2c(cc1OCC(F)(F)F)C(C)(C)CCC2(C)C. The molecule has 0 saturated carbocycles. The van der Waals surface area contributed by atoms with Crippen molar-refractivity contribution in [1.29, 1.82) is 0 Å². The summed E-state index contributed by atoms with van der Waals surface area (Å²) in [5, 5.41) is 0. The Bertz CT molecular complexity index is 542. The molecule has 0 radical (unpaired) electrons. The van der Waals surface area contributed by atoms with E-state index in [0.29, 0.717) is 5.75 Å². The maximum atomic E-state index is 12.4. The van der Waals surface area contributed by atoms with Crippen molar-refractivity contribution in [2.45, 2.75) is 64.5 Å². The molecule has 1 aromatic carbocycles. The first-order chi connectivity index (χ1) is 9.42. The van der Waals surface area contributed by atoms with Gasteiger partial charge in [-0.05, 0) is 53.4 Å². The Hall–Kier alpha value is -1.19. The maximum Gasteiger partial charge on any atom is 0.422 e. The average Bonchev–Trinajstić information content (AvgIpc) is 2.32. The highest BCUT2D eigenvalue weighted by Gasteiger charge is 2.38. The highest BCUT2D eigenvalue weighted by Crippen LogP contribution is 2.47. The molecule has 0 aliphatic heterocycles. The zero-order valence-corrected chi connectivity index (χ0v) is 13.3. The molecular formula is C17H23F3O. The van der Waals surface area contributed by atoms with Gasteiger partial charge in [-0.25, -0.2) is 0 Å². The summed E-state index contributed by atoms with van der Waals surface area (Å²) >= 11 is 0. The van der Waals surface area contributed by atoms with Gasteiger partial charge in [0.2, 0.25) is 0 Å². The third-order valence-electron chi connectivity index (χ3n) is 4.54. The van der Waals surface area contributed by atoms with Crippen molar-refractivity contribution in [3.8, 4) is 5.75 Å². The second-order valence-electron chi connectivity index (χ2n) is 7.33. The van der Waals surface area contributed by atoms with Crippen LogP contribution in [0, 0.1) is 6.92 Å². The van der Waals surface area contributed by atoms with E-state index >= 15 is 0 Å². The number of rotatable bonds is 2. The lowest BCUT2D eigenvalue weighted by Crippen LogP contribution is -2.34. The summed E-state index contributed by atoms with van der Waals surface area (Å²) in [6.45, 7) is 9.24. The Balaban J connectivity index is 2.44. The van der Waals surface area contributed by atoms with Crippen molar-refractivity contribution >= 4 is 0 Å². The van der Waals surface area contributed by atoms with Crippen LogP contribution in [0.4, 0.5) is 13.2 Å². The minimum atomic E-state index is -4.31. The van der Waals surface area contributed by atoms with Crippen molar-refractivity contribution in [2.24, 2.45) is 0 Å². The number of hydrogen-bond acceptors (Lipinski definition) is 1. The molecule has 0 heterocycles. The van der Waals surface area contributed by atoms with Gasteiger partial charge >= 0.3 is 6.18 Å². The third-order valence-corrected chi connectivity index (χ3v) is 4.54. The molecule has 0 aromatic heterocycles. The summed E-state index contributed by atoms with van der Waals surface area (Å²) in [4.78, 5) is 0. The van der Waals surface area contributed by atoms with Gasteiger partial charge in [0.15, 0.2) is 6.61 Å². The van der Waals surface area contributed by atoms with Gasteiger partial charge in [0.1, 0.15) is 5.75 Å². The van der Waals surface area contributed by atoms with Crippen LogP contribution in [0.5, 0.6) is 5.75 Å². The van der Waals surface area contributed by atoms with Gasteiger partial charge in [-0.2, -0.15) is 13.2 Å². The first kappa shape index (κ1) is 16.2. The van der Waals surface area contributed by atoms with Crippen molar-refractivity contribution in [2.75, 3.05) is 6.61 Å². The van der Waals surface area contributed by atoms with Crippen molar-refractivity contribution in [3.63, 3.8) is 0 Å². The number of alkyl halides is 3. The molecule has 1 aliphatic carbocycles. The minimum Gasteiger partial charge on any atom is -0.484 e. The molecule has 1 aromatic rings. The fraction of sp³-hybridized carbons (Fsp3) is 0.647. The molecule has 0 fully saturated rings. The van der Waals surface area contributed by atoms with E-state index in [1.807, 2.05) is 19.1 Å². The molecule has 21 heavy (non-hydrogen) atoms. The molecule has 0 amide bonds. The highest BCUT2D eigenvalue weighted by molar-refractivity contribution is 5.49. The Labute approximate surface area is 124 Å². The number of ether oxygens (including phenoxy) is 1. The van der Waals surface area contributed by atoms with Crippen LogP contribution in [-0.4, -0.2) is 12.8 Å². The van der Waals surface area contributed by atoms with Gasteiger partial charge in [-0.1, -0.05) is 33.8 Å². The largest absolute Gasteiger partial charge is 0.484 e. The van der Waals surface area contributed by atoms with E-state index in [-0.39, 0.29) is 10.8 Å². The van der Waals surface area contributed by atoms with E-state index < -0.39 is 12.8 Å². The molecule has 1 aliphatic rings. The van der Waals surface area contributed by atoms with Crippen LogP contribution < -0.4 is 4.74 Å². The van der Waals surface area contributed by atoms with Gasteiger partial charge in [-0.15, -0.1) is 0 Å². The first-order valence-electron chi connectivity index (χ1n) is 7.28. The van der Waals surface area contributed by atoms with E-state index in [1.165, 1.54) is 5.56 Å². The van der Waals surface area contributed by atoms with Gasteiger partial charge in [0.25, 0.3) is 0 Å². The molecule has 1 nitrogen and oxygen atoms in total. The molecule has 0 bridgehead atoms. The molecule has 0 saturated heterocycles. The second-order valence-corrected chi connectivity index (χ2v) is 7.33. The van der Waals surface area contributed by atoms with Crippen molar-refractivity contribution in [3.05, 3.63) is 28.8 Å². The number of fused-ring (bicyclic) bond motifs is 1. The van der Waals surface area contributed by atoms with E-state index in [2.05, 4.69) is 27.7 Å². The molecule has 0 atom stereocenters. The van der Waals surface area contributed by atoms with Gasteiger partial charge in [-0.3, -0.25) is 0 Å². The summed E-state index contributed by atoms with van der Waals surface area (Å²) in [6, 6.07) is 3.82. The van der Waals surface area contributed by atoms with E-state index in [9.17, 15) is 13.2 Å². The monoisotopic (exact) mass is 300 g/mol. The second kappa shape index (κ2) is 4.92. The topological polar surface area (TPSA) is 9.23 Å². The zero-order chi connectivity index (χ0) is 16.1. The first-order valence-corrected chi connectivity index (χ1v) is 7.28. The molecule has 2 rings (SSSR count). The Kier molecular flexibility index (Phi) is 3.79. The molecular weight excluding hydrogens is 277 g/mol. The standard InChI is InChI=1S/C17H23F3O/c1-11-8-12-13(9-14(11)21-10-17(18,19)20)16(4,5)7-6-15(12,2)3/h8-9H,6-7,10H2,1-5H3. The Morgan fingerprint density at radius 3 is 1.95 bits per heavy atom. The maximum absolute atomic E-state index is 12.4. The number of benzene rings is 1. The van der Waals surface area contributed by atoms with Crippen molar-refractivity contribution in [1.82, 2.24) is 0 Å². The predicted octanol–water partition coefficient (Wildman–Crippen LogP) is 5.29. The van der Waals surface area contributed by atoms with Crippen LogP contribution in [0.3, 0.4) is 0 Å². The van der Waals surface area contributed by atoms with Gasteiger partial charge in [0, 0.05) is 0 Å². The van der Waals surface area contributed by atoms with Gasteiger partial charge < -0.3 is 4.74 Å². The average molecular weight is 300 g/mol. The van der Waals surface area contributed by atoms with Crippen LogP contribution in [0.25, 0.3) is 0 Å². The van der Waals surface area contributed by atoms with Crippen LogP contribution in [0.15, 0.2) is 12.1 Å². The Morgan fingerprint density at radius 2 is 1.48 bits per heavy atom. The van der Waals surface area contributed by atoms with Crippen LogP contribution in [0.2, 0.25) is 0 Å². The van der Waals surface area contributed by atoms with E-state index in [4.69, 9.17) is 4.74 Å². The van der Waals surface area contributed by atoms with E-state index in [0.717, 1.165) is 24.0 Å². The summed E-state index contributed by atoms with van der Waals surface area (Å²) < 4.78 is 42.1. The molecule has 118 valence electrons. The summed E-state index contributed by atoms with van der Waals surface area (Å²) in [5.74, 6) is 0.344. The normalized spacial score (nSPS) is 20.0. The molecule has 0 N–H and O–H groups in total. The summed E-state index contributed by atoms with van der Waals surface area (Å²) in [5.41, 5.74) is 3.13. The lowest BCUT2D eigenvalue weighted by molar-refractivity contribution is -0.153. The fourth-order valence-electron chi connectivity index (χ4n) is 3.02. The molecule has 4 heteroatoms. The van der Waals surface area contributed by atoms with Gasteiger partial charge in [0.05, 0.1) is 0 Å². The van der Waals surface area contributed by atoms with E-state index in [1.54, 1.807) is 0 Å². The van der Waals surface area contributed by atoms with Crippen LogP contribution in [0.1, 0.15) is 57.2 Å². The zero-order valence-electron chi connectivity index (χ0n) is 13.3. The minimum absolute atomic E-state index is 0.0328. The molecule has 0 spiro atoms. The van der Waals surface area contributed by atoms with Crippen LogP contribution >= 0.6 is 0 Å².